The van der Waals surface area contributed by atoms with Crippen molar-refractivity contribution in [1.29, 1.82) is 0 Å². The topological polar surface area (TPSA) is 43.8 Å². The van der Waals surface area contributed by atoms with E-state index in [1.807, 2.05) is 11.9 Å². The summed E-state index contributed by atoms with van der Waals surface area (Å²) in [6, 6.07) is 0.105. The number of rotatable bonds is 3. The molecule has 4 nitrogen and oxygen atoms in total. The van der Waals surface area contributed by atoms with Crippen molar-refractivity contribution < 1.29 is 9.90 Å². The molecule has 2 fully saturated rings. The van der Waals surface area contributed by atoms with Crippen molar-refractivity contribution in [2.24, 2.45) is 5.41 Å². The van der Waals surface area contributed by atoms with Gasteiger partial charge in [0.1, 0.15) is 0 Å². The Bertz CT molecular complexity index is 279. The van der Waals surface area contributed by atoms with E-state index >= 15 is 0 Å². The molecular weight excluding hydrogens is 216 g/mol. The van der Waals surface area contributed by atoms with Gasteiger partial charge >= 0.3 is 0 Å². The molecule has 0 radical (unpaired) electrons. The Kier molecular flexibility index (Phi) is 3.73. The molecule has 2 saturated heterocycles. The third-order valence-corrected chi connectivity index (χ3v) is 4.78. The Balaban J connectivity index is 1.93. The van der Waals surface area contributed by atoms with Crippen molar-refractivity contribution in [3.63, 3.8) is 0 Å². The number of amides is 1. The maximum atomic E-state index is 11.9. The lowest BCUT2D eigenvalue weighted by molar-refractivity contribution is -0.132. The van der Waals surface area contributed by atoms with Gasteiger partial charge in [-0.05, 0) is 44.2 Å². The van der Waals surface area contributed by atoms with Crippen molar-refractivity contribution in [1.82, 2.24) is 9.80 Å². The largest absolute Gasteiger partial charge is 0.396 e. The summed E-state index contributed by atoms with van der Waals surface area (Å²) in [4.78, 5) is 16.1. The zero-order valence-electron chi connectivity index (χ0n) is 11.0. The number of likely N-dealkylation sites (N-methyl/N-ethyl adjacent to an activating group) is 1. The highest BCUT2D eigenvalue weighted by Gasteiger charge is 2.39. The number of likely N-dealkylation sites (tertiary alicyclic amines) is 2. The van der Waals surface area contributed by atoms with Gasteiger partial charge in [0.25, 0.3) is 0 Å². The normalized spacial score (nSPS) is 29.9. The molecule has 2 aliphatic rings. The quantitative estimate of drug-likeness (QED) is 0.790. The first kappa shape index (κ1) is 12.8. The molecule has 2 rings (SSSR count). The number of aliphatic hydroxyl groups excluding tert-OH is 1. The first-order valence-electron chi connectivity index (χ1n) is 6.72. The van der Waals surface area contributed by atoms with Gasteiger partial charge in [-0.2, -0.15) is 0 Å². The number of aliphatic hydroxyl groups is 1. The summed E-state index contributed by atoms with van der Waals surface area (Å²) in [6.07, 6.45) is 4.05. The van der Waals surface area contributed by atoms with Crippen LogP contribution in [0.2, 0.25) is 0 Å². The Morgan fingerprint density at radius 2 is 2.00 bits per heavy atom. The average molecular weight is 240 g/mol. The predicted molar refractivity (Wildman–Crippen MR) is 66.7 cm³/mol. The van der Waals surface area contributed by atoms with Crippen LogP contribution in [-0.4, -0.2) is 60.1 Å². The molecule has 1 atom stereocenters. The average Bonchev–Trinajstić information content (AvgIpc) is 2.70. The summed E-state index contributed by atoms with van der Waals surface area (Å²) in [7, 11) is 1.89. The van der Waals surface area contributed by atoms with Crippen molar-refractivity contribution in [3.8, 4) is 0 Å². The number of carbonyl (C=O) groups excluding carboxylic acids is 1. The summed E-state index contributed by atoms with van der Waals surface area (Å²) in [6.45, 7) is 5.24. The molecule has 4 heteroatoms. The Labute approximate surface area is 104 Å². The van der Waals surface area contributed by atoms with Gasteiger partial charge in [0, 0.05) is 20.2 Å². The molecule has 0 aliphatic carbocycles. The van der Waals surface area contributed by atoms with E-state index in [4.69, 9.17) is 0 Å². The van der Waals surface area contributed by atoms with Crippen LogP contribution >= 0.6 is 0 Å². The first-order valence-corrected chi connectivity index (χ1v) is 6.72. The fourth-order valence-corrected chi connectivity index (χ4v) is 3.08. The third-order valence-electron chi connectivity index (χ3n) is 4.78. The molecule has 1 unspecified atom stereocenters. The van der Waals surface area contributed by atoms with Crippen molar-refractivity contribution in [3.05, 3.63) is 0 Å². The number of piperidine rings is 1. The maximum absolute atomic E-state index is 11.9. The van der Waals surface area contributed by atoms with E-state index in [1.54, 1.807) is 0 Å². The van der Waals surface area contributed by atoms with Gasteiger partial charge in [-0.1, -0.05) is 6.92 Å². The summed E-state index contributed by atoms with van der Waals surface area (Å²) in [5.74, 6) is 0.276. The molecule has 0 aromatic heterocycles. The van der Waals surface area contributed by atoms with Gasteiger partial charge in [-0.25, -0.2) is 0 Å². The summed E-state index contributed by atoms with van der Waals surface area (Å²) < 4.78 is 0. The SMILES string of the molecule is CCC1(CO)CCN(C2CCN(C)C2=O)CC1. The number of nitrogens with zero attached hydrogens (tertiary/aromatic N) is 2. The third kappa shape index (κ3) is 2.33. The van der Waals surface area contributed by atoms with Crippen LogP contribution in [0, 0.1) is 5.41 Å². The highest BCUT2D eigenvalue weighted by atomic mass is 16.3. The molecule has 0 saturated carbocycles. The van der Waals surface area contributed by atoms with Crippen LogP contribution in [0.5, 0.6) is 0 Å². The fraction of sp³-hybridized carbons (Fsp3) is 0.923. The molecule has 0 aromatic rings. The van der Waals surface area contributed by atoms with Gasteiger partial charge in [-0.15, -0.1) is 0 Å². The molecule has 2 aliphatic heterocycles. The second kappa shape index (κ2) is 4.94. The molecule has 1 amide bonds. The summed E-state index contributed by atoms with van der Waals surface area (Å²) in [5, 5.41) is 9.49. The molecule has 98 valence electrons. The van der Waals surface area contributed by atoms with E-state index < -0.39 is 0 Å². The lowest BCUT2D eigenvalue weighted by atomic mass is 9.76. The van der Waals surface area contributed by atoms with Crippen molar-refractivity contribution >= 4 is 5.91 Å². The lowest BCUT2D eigenvalue weighted by Gasteiger charge is -2.41. The second-order valence-corrected chi connectivity index (χ2v) is 5.61. The molecule has 1 N–H and O–H groups in total. The highest BCUT2D eigenvalue weighted by molar-refractivity contribution is 5.83. The van der Waals surface area contributed by atoms with E-state index in [-0.39, 0.29) is 24.0 Å². The lowest BCUT2D eigenvalue weighted by Crippen LogP contribution is -2.48. The smallest absolute Gasteiger partial charge is 0.239 e. The van der Waals surface area contributed by atoms with Crippen LogP contribution < -0.4 is 0 Å². The minimum absolute atomic E-state index is 0.105. The Morgan fingerprint density at radius 1 is 1.35 bits per heavy atom. The van der Waals surface area contributed by atoms with E-state index in [2.05, 4.69) is 11.8 Å². The number of hydrogen-bond acceptors (Lipinski definition) is 3. The summed E-state index contributed by atoms with van der Waals surface area (Å²) in [5.41, 5.74) is 0.115. The molecule has 2 heterocycles. The minimum Gasteiger partial charge on any atom is -0.396 e. The molecule has 0 bridgehead atoms. The van der Waals surface area contributed by atoms with Crippen LogP contribution in [0.15, 0.2) is 0 Å². The van der Waals surface area contributed by atoms with Crippen molar-refractivity contribution in [2.75, 3.05) is 33.3 Å². The maximum Gasteiger partial charge on any atom is 0.239 e. The standard InChI is InChI=1S/C13H24N2O2/c1-3-13(10-16)5-8-15(9-6-13)11-4-7-14(2)12(11)17/h11,16H,3-10H2,1-2H3. The first-order chi connectivity index (χ1) is 8.12. The van der Waals surface area contributed by atoms with Gasteiger partial charge in [0.2, 0.25) is 5.91 Å². The second-order valence-electron chi connectivity index (χ2n) is 5.61. The predicted octanol–water partition coefficient (Wildman–Crippen LogP) is 0.702. The van der Waals surface area contributed by atoms with Gasteiger partial charge in [0.15, 0.2) is 0 Å². The van der Waals surface area contributed by atoms with E-state index in [9.17, 15) is 9.90 Å². The van der Waals surface area contributed by atoms with Gasteiger partial charge < -0.3 is 10.0 Å². The highest BCUT2D eigenvalue weighted by Crippen LogP contribution is 2.35. The van der Waals surface area contributed by atoms with E-state index in [0.29, 0.717) is 0 Å². The molecule has 0 aromatic carbocycles. The van der Waals surface area contributed by atoms with Crippen LogP contribution in [0.3, 0.4) is 0 Å². The Morgan fingerprint density at radius 3 is 2.41 bits per heavy atom. The molecular formula is C13H24N2O2. The monoisotopic (exact) mass is 240 g/mol. The fourth-order valence-electron chi connectivity index (χ4n) is 3.08. The zero-order valence-corrected chi connectivity index (χ0v) is 11.0. The van der Waals surface area contributed by atoms with Crippen LogP contribution in [0.4, 0.5) is 0 Å². The Hall–Kier alpha value is -0.610. The number of carbonyl (C=O) groups is 1. The summed E-state index contributed by atoms with van der Waals surface area (Å²) >= 11 is 0. The molecule has 17 heavy (non-hydrogen) atoms. The van der Waals surface area contributed by atoms with E-state index in [1.165, 1.54) is 0 Å². The minimum atomic E-state index is 0.105. The van der Waals surface area contributed by atoms with Crippen LogP contribution in [-0.2, 0) is 4.79 Å². The van der Waals surface area contributed by atoms with Crippen molar-refractivity contribution in [2.45, 2.75) is 38.6 Å². The van der Waals surface area contributed by atoms with E-state index in [0.717, 1.165) is 45.3 Å². The zero-order chi connectivity index (χ0) is 12.5. The van der Waals surface area contributed by atoms with Crippen LogP contribution in [0.1, 0.15) is 32.6 Å². The van der Waals surface area contributed by atoms with Gasteiger partial charge in [0.05, 0.1) is 6.04 Å². The number of hydrogen-bond donors (Lipinski definition) is 1. The van der Waals surface area contributed by atoms with Gasteiger partial charge in [-0.3, -0.25) is 9.69 Å². The molecule has 0 spiro atoms. The van der Waals surface area contributed by atoms with Crippen LogP contribution in [0.25, 0.3) is 0 Å².